The van der Waals surface area contributed by atoms with Gasteiger partial charge in [-0.15, -0.1) is 0 Å². The molecule has 18 heavy (non-hydrogen) atoms. The van der Waals surface area contributed by atoms with Gasteiger partial charge in [0.2, 0.25) is 5.91 Å². The molecule has 0 radical (unpaired) electrons. The van der Waals surface area contributed by atoms with Gasteiger partial charge < -0.3 is 11.1 Å². The van der Waals surface area contributed by atoms with E-state index in [1.165, 1.54) is 0 Å². The van der Waals surface area contributed by atoms with Crippen molar-refractivity contribution in [3.63, 3.8) is 0 Å². The van der Waals surface area contributed by atoms with Crippen molar-refractivity contribution in [3.05, 3.63) is 34.9 Å². The van der Waals surface area contributed by atoms with E-state index in [2.05, 4.69) is 12.2 Å². The summed E-state index contributed by atoms with van der Waals surface area (Å²) in [6.07, 6.45) is 3.57. The molecule has 1 amide bonds. The van der Waals surface area contributed by atoms with Crippen LogP contribution >= 0.6 is 11.6 Å². The highest BCUT2D eigenvalue weighted by Gasteiger charge is 2.11. The number of carbonyl (C=O) groups excluding carboxylic acids is 1. The molecule has 0 saturated heterocycles. The summed E-state index contributed by atoms with van der Waals surface area (Å²) in [5, 5.41) is 3.57. The Hall–Kier alpha value is -1.06. The zero-order valence-electron chi connectivity index (χ0n) is 10.8. The van der Waals surface area contributed by atoms with Gasteiger partial charge in [0.15, 0.2) is 0 Å². The fourth-order valence-corrected chi connectivity index (χ4v) is 1.92. The summed E-state index contributed by atoms with van der Waals surface area (Å²) in [5.74, 6) is -0.0644. The number of halogens is 1. The second-order valence-corrected chi connectivity index (χ2v) is 4.86. The maximum absolute atomic E-state index is 11.6. The molecule has 1 rings (SSSR count). The number of unbranched alkanes of at least 4 members (excludes halogenated alkanes) is 1. The summed E-state index contributed by atoms with van der Waals surface area (Å²) in [6, 6.07) is 7.26. The van der Waals surface area contributed by atoms with Crippen LogP contribution in [-0.2, 0) is 11.2 Å². The van der Waals surface area contributed by atoms with Crippen molar-refractivity contribution in [3.8, 4) is 0 Å². The first kappa shape index (κ1) is 15.0. The van der Waals surface area contributed by atoms with Gasteiger partial charge in [0.1, 0.15) is 0 Å². The molecule has 3 nitrogen and oxygen atoms in total. The molecule has 0 aliphatic rings. The highest BCUT2D eigenvalue weighted by molar-refractivity contribution is 6.30. The fraction of sp³-hybridized carbons (Fsp3) is 0.500. The van der Waals surface area contributed by atoms with E-state index in [1.807, 2.05) is 24.3 Å². The summed E-state index contributed by atoms with van der Waals surface area (Å²) in [5.41, 5.74) is 6.89. The van der Waals surface area contributed by atoms with E-state index in [0.717, 1.165) is 36.3 Å². The minimum atomic E-state index is -0.385. The highest BCUT2D eigenvalue weighted by Crippen LogP contribution is 2.10. The lowest BCUT2D eigenvalue weighted by atomic mass is 10.1. The predicted octanol–water partition coefficient (Wildman–Crippen LogP) is 2.52. The lowest BCUT2D eigenvalue weighted by molar-refractivity contribution is -0.122. The highest BCUT2D eigenvalue weighted by atomic mass is 35.5. The maximum Gasteiger partial charge on any atom is 0.236 e. The molecule has 0 saturated carbocycles. The third-order valence-corrected chi connectivity index (χ3v) is 3.04. The molecule has 0 aliphatic carbocycles. The van der Waals surface area contributed by atoms with E-state index in [0.29, 0.717) is 6.54 Å². The minimum absolute atomic E-state index is 0.0644. The zero-order chi connectivity index (χ0) is 13.4. The number of amides is 1. The lowest BCUT2D eigenvalue weighted by Gasteiger charge is -2.11. The van der Waals surface area contributed by atoms with Gasteiger partial charge >= 0.3 is 0 Å². The predicted molar refractivity (Wildman–Crippen MR) is 75.7 cm³/mol. The fourth-order valence-electron chi connectivity index (χ4n) is 1.71. The first-order valence-corrected chi connectivity index (χ1v) is 6.79. The van der Waals surface area contributed by atoms with Crippen molar-refractivity contribution >= 4 is 17.5 Å². The van der Waals surface area contributed by atoms with Gasteiger partial charge in [-0.3, -0.25) is 4.79 Å². The molecule has 3 N–H and O–H groups in total. The van der Waals surface area contributed by atoms with Gasteiger partial charge in [0.25, 0.3) is 0 Å². The lowest BCUT2D eigenvalue weighted by Crippen LogP contribution is -2.41. The molecule has 0 spiro atoms. The molecule has 0 aromatic heterocycles. The molecule has 4 heteroatoms. The van der Waals surface area contributed by atoms with E-state index in [1.54, 1.807) is 0 Å². The smallest absolute Gasteiger partial charge is 0.236 e. The van der Waals surface area contributed by atoms with Crippen molar-refractivity contribution in [2.45, 2.75) is 38.6 Å². The Bertz CT molecular complexity index is 382. The second-order valence-electron chi connectivity index (χ2n) is 4.42. The Morgan fingerprint density at radius 1 is 1.50 bits per heavy atom. The number of rotatable bonds is 7. The molecule has 0 unspecified atom stereocenters. The zero-order valence-corrected chi connectivity index (χ0v) is 11.5. The van der Waals surface area contributed by atoms with Crippen molar-refractivity contribution in [2.75, 3.05) is 6.54 Å². The van der Waals surface area contributed by atoms with Crippen molar-refractivity contribution in [2.24, 2.45) is 5.73 Å². The SMILES string of the molecule is CCCC[C@H](N)C(=O)NCCc1cccc(Cl)c1. The van der Waals surface area contributed by atoms with Crippen LogP contribution in [-0.4, -0.2) is 18.5 Å². The van der Waals surface area contributed by atoms with E-state index >= 15 is 0 Å². The molecule has 0 aliphatic heterocycles. The molecular weight excluding hydrogens is 248 g/mol. The van der Waals surface area contributed by atoms with E-state index in [9.17, 15) is 4.79 Å². The van der Waals surface area contributed by atoms with Crippen molar-refractivity contribution < 1.29 is 4.79 Å². The molecule has 0 bridgehead atoms. The van der Waals surface area contributed by atoms with Crippen LogP contribution in [0.2, 0.25) is 5.02 Å². The Kier molecular flexibility index (Phi) is 6.76. The van der Waals surface area contributed by atoms with Gasteiger partial charge in [-0.05, 0) is 30.5 Å². The van der Waals surface area contributed by atoms with Gasteiger partial charge in [-0.1, -0.05) is 43.5 Å². The third-order valence-electron chi connectivity index (χ3n) is 2.81. The number of nitrogens with two attached hydrogens (primary N) is 1. The van der Waals surface area contributed by atoms with Crippen LogP contribution in [0.4, 0.5) is 0 Å². The molecular formula is C14H21ClN2O. The van der Waals surface area contributed by atoms with Gasteiger partial charge in [0, 0.05) is 11.6 Å². The summed E-state index contributed by atoms with van der Waals surface area (Å²) < 4.78 is 0. The van der Waals surface area contributed by atoms with Crippen LogP contribution in [0.3, 0.4) is 0 Å². The van der Waals surface area contributed by atoms with Crippen LogP contribution in [0.15, 0.2) is 24.3 Å². The number of hydrogen-bond acceptors (Lipinski definition) is 2. The monoisotopic (exact) mass is 268 g/mol. The molecule has 1 atom stereocenters. The molecule has 1 aromatic rings. The van der Waals surface area contributed by atoms with E-state index in [4.69, 9.17) is 17.3 Å². The van der Waals surface area contributed by atoms with Crippen LogP contribution in [0, 0.1) is 0 Å². The Morgan fingerprint density at radius 3 is 2.94 bits per heavy atom. The van der Waals surface area contributed by atoms with Gasteiger partial charge in [-0.25, -0.2) is 0 Å². The van der Waals surface area contributed by atoms with E-state index < -0.39 is 0 Å². The molecule has 0 heterocycles. The topological polar surface area (TPSA) is 55.1 Å². The van der Waals surface area contributed by atoms with E-state index in [-0.39, 0.29) is 11.9 Å². The van der Waals surface area contributed by atoms with Crippen LogP contribution in [0.1, 0.15) is 31.7 Å². The first-order valence-electron chi connectivity index (χ1n) is 6.41. The molecule has 100 valence electrons. The maximum atomic E-state index is 11.6. The number of carbonyl (C=O) groups is 1. The first-order chi connectivity index (χ1) is 8.63. The second kappa shape index (κ2) is 8.11. The number of hydrogen-bond donors (Lipinski definition) is 2. The average Bonchev–Trinajstić information content (AvgIpc) is 2.35. The normalized spacial score (nSPS) is 12.2. The van der Waals surface area contributed by atoms with Crippen LogP contribution in [0.25, 0.3) is 0 Å². The molecule has 0 fully saturated rings. The standard InChI is InChI=1S/C14H21ClN2O/c1-2-3-7-13(16)14(18)17-9-8-11-5-4-6-12(15)10-11/h4-6,10,13H,2-3,7-9,16H2,1H3,(H,17,18)/t13-/m0/s1. The minimum Gasteiger partial charge on any atom is -0.354 e. The summed E-state index contributed by atoms with van der Waals surface area (Å²) in [4.78, 5) is 11.6. The van der Waals surface area contributed by atoms with Crippen molar-refractivity contribution in [1.82, 2.24) is 5.32 Å². The quantitative estimate of drug-likeness (QED) is 0.798. The van der Waals surface area contributed by atoms with Crippen LogP contribution in [0.5, 0.6) is 0 Å². The Labute approximate surface area is 114 Å². The largest absolute Gasteiger partial charge is 0.354 e. The summed E-state index contributed by atoms with van der Waals surface area (Å²) >= 11 is 5.89. The van der Waals surface area contributed by atoms with Gasteiger partial charge in [0.05, 0.1) is 6.04 Å². The third kappa shape index (κ3) is 5.52. The van der Waals surface area contributed by atoms with Gasteiger partial charge in [-0.2, -0.15) is 0 Å². The van der Waals surface area contributed by atoms with Crippen LogP contribution < -0.4 is 11.1 Å². The molecule has 1 aromatic carbocycles. The average molecular weight is 269 g/mol. The Balaban J connectivity index is 2.27. The summed E-state index contributed by atoms with van der Waals surface area (Å²) in [6.45, 7) is 2.68. The number of nitrogens with one attached hydrogen (secondary N) is 1. The summed E-state index contributed by atoms with van der Waals surface area (Å²) in [7, 11) is 0. The number of benzene rings is 1. The van der Waals surface area contributed by atoms with Crippen molar-refractivity contribution in [1.29, 1.82) is 0 Å². The Morgan fingerprint density at radius 2 is 2.28 bits per heavy atom.